The zero-order valence-electron chi connectivity index (χ0n) is 10.7. The highest BCUT2D eigenvalue weighted by Gasteiger charge is 2.50. The highest BCUT2D eigenvalue weighted by molar-refractivity contribution is 6.20. The fourth-order valence-corrected chi connectivity index (χ4v) is 4.96. The molecule has 0 aliphatic heterocycles. The molecule has 1 atom stereocenters. The van der Waals surface area contributed by atoms with Crippen molar-refractivity contribution in [1.82, 2.24) is 10.2 Å². The van der Waals surface area contributed by atoms with Crippen molar-refractivity contribution in [2.75, 3.05) is 0 Å². The summed E-state index contributed by atoms with van der Waals surface area (Å²) in [5.74, 6) is 5.53. The van der Waals surface area contributed by atoms with E-state index in [0.29, 0.717) is 11.8 Å². The van der Waals surface area contributed by atoms with Gasteiger partial charge in [-0.05, 0) is 62.7 Å². The Labute approximate surface area is 112 Å². The summed E-state index contributed by atoms with van der Waals surface area (Å²) in [4.78, 5) is 0. The van der Waals surface area contributed by atoms with E-state index in [9.17, 15) is 0 Å². The maximum Gasteiger partial charge on any atom is 0.234 e. The molecule has 4 fully saturated rings. The fourth-order valence-electron chi connectivity index (χ4n) is 4.87. The Balaban J connectivity index is 1.64. The molecule has 0 amide bonds. The number of rotatable bonds is 2. The van der Waals surface area contributed by atoms with E-state index in [2.05, 4.69) is 10.2 Å². The minimum atomic E-state index is -0.178. The normalized spacial score (nSPS) is 43.3. The van der Waals surface area contributed by atoms with Crippen molar-refractivity contribution in [2.24, 2.45) is 23.7 Å². The van der Waals surface area contributed by atoms with Crippen LogP contribution in [0.2, 0.25) is 0 Å². The molecule has 1 unspecified atom stereocenters. The van der Waals surface area contributed by atoms with Crippen molar-refractivity contribution in [2.45, 2.75) is 50.3 Å². The lowest BCUT2D eigenvalue weighted by molar-refractivity contribution is -0.0118. The third kappa shape index (κ3) is 1.63. The molecule has 98 valence electrons. The summed E-state index contributed by atoms with van der Waals surface area (Å²) < 4.78 is 5.82. The van der Waals surface area contributed by atoms with Crippen LogP contribution < -0.4 is 0 Å². The maximum absolute atomic E-state index is 6.01. The molecule has 4 aliphatic rings. The molecule has 5 rings (SSSR count). The second-order valence-electron chi connectivity index (χ2n) is 6.55. The van der Waals surface area contributed by atoms with E-state index in [1.807, 2.05) is 6.92 Å². The summed E-state index contributed by atoms with van der Waals surface area (Å²) in [6.45, 7) is 1.88. The second-order valence-corrected chi connectivity index (χ2v) is 7.21. The van der Waals surface area contributed by atoms with Gasteiger partial charge in [0, 0.05) is 5.92 Å². The number of hydrogen-bond acceptors (Lipinski definition) is 3. The van der Waals surface area contributed by atoms with E-state index in [1.54, 1.807) is 0 Å². The Morgan fingerprint density at radius 3 is 2.17 bits per heavy atom. The molecule has 4 bridgehead atoms. The van der Waals surface area contributed by atoms with Gasteiger partial charge in [0.1, 0.15) is 5.38 Å². The van der Waals surface area contributed by atoms with Gasteiger partial charge in [-0.1, -0.05) is 0 Å². The molecule has 4 saturated carbocycles. The van der Waals surface area contributed by atoms with Gasteiger partial charge >= 0.3 is 0 Å². The van der Waals surface area contributed by atoms with Gasteiger partial charge in [0.25, 0.3) is 0 Å². The van der Waals surface area contributed by atoms with E-state index in [4.69, 9.17) is 16.0 Å². The molecule has 4 heteroatoms. The summed E-state index contributed by atoms with van der Waals surface area (Å²) in [5.41, 5.74) is 0. The van der Waals surface area contributed by atoms with Gasteiger partial charge in [-0.3, -0.25) is 0 Å². The van der Waals surface area contributed by atoms with Gasteiger partial charge in [0.2, 0.25) is 11.8 Å². The third-order valence-corrected chi connectivity index (χ3v) is 5.50. The van der Waals surface area contributed by atoms with Gasteiger partial charge in [-0.2, -0.15) is 0 Å². The molecule has 0 radical (unpaired) electrons. The monoisotopic (exact) mass is 266 g/mol. The van der Waals surface area contributed by atoms with E-state index in [0.717, 1.165) is 29.6 Å². The molecule has 1 heterocycles. The Hall–Kier alpha value is -0.570. The van der Waals surface area contributed by atoms with Crippen LogP contribution in [0.5, 0.6) is 0 Å². The number of hydrogen-bond donors (Lipinski definition) is 0. The molecule has 18 heavy (non-hydrogen) atoms. The van der Waals surface area contributed by atoms with E-state index < -0.39 is 0 Å². The molecular weight excluding hydrogens is 248 g/mol. The maximum atomic E-state index is 6.01. The molecule has 0 spiro atoms. The molecule has 0 saturated heterocycles. The first-order chi connectivity index (χ1) is 8.70. The van der Waals surface area contributed by atoms with Gasteiger partial charge in [0.15, 0.2) is 0 Å². The number of alkyl halides is 1. The zero-order chi connectivity index (χ0) is 12.3. The first kappa shape index (κ1) is 11.3. The van der Waals surface area contributed by atoms with Crippen LogP contribution in [0, 0.1) is 23.7 Å². The third-order valence-electron chi connectivity index (χ3n) is 5.31. The highest BCUT2D eigenvalue weighted by Crippen LogP contribution is 2.59. The Morgan fingerprint density at radius 2 is 1.67 bits per heavy atom. The van der Waals surface area contributed by atoms with Gasteiger partial charge in [0.05, 0.1) is 0 Å². The number of halogens is 1. The Kier molecular flexibility index (Phi) is 2.48. The summed E-state index contributed by atoms with van der Waals surface area (Å²) >= 11 is 6.01. The van der Waals surface area contributed by atoms with Crippen LogP contribution in [0.1, 0.15) is 62.1 Å². The van der Waals surface area contributed by atoms with Crippen molar-refractivity contribution in [1.29, 1.82) is 0 Å². The average molecular weight is 267 g/mol. The predicted octanol–water partition coefficient (Wildman–Crippen LogP) is 3.91. The average Bonchev–Trinajstić information content (AvgIpc) is 2.77. The number of aromatic nitrogens is 2. The molecule has 1 aromatic heterocycles. The van der Waals surface area contributed by atoms with Crippen LogP contribution in [0.3, 0.4) is 0 Å². The molecule has 0 aromatic carbocycles. The lowest BCUT2D eigenvalue weighted by Gasteiger charge is -2.53. The van der Waals surface area contributed by atoms with Crippen molar-refractivity contribution in [3.63, 3.8) is 0 Å². The van der Waals surface area contributed by atoms with Crippen LogP contribution in [-0.2, 0) is 0 Å². The summed E-state index contributed by atoms with van der Waals surface area (Å²) in [5, 5.41) is 8.20. The first-order valence-corrected chi connectivity index (χ1v) is 7.61. The van der Waals surface area contributed by atoms with E-state index >= 15 is 0 Å². The standard InChI is InChI=1S/C14H19ClN2O/c1-7(15)13-16-17-14(18-13)12-10-3-8-2-9(5-10)6-11(12)4-8/h7-12H,2-6H2,1H3. The predicted molar refractivity (Wildman–Crippen MR) is 68.4 cm³/mol. The van der Waals surface area contributed by atoms with Crippen molar-refractivity contribution in [3.8, 4) is 0 Å². The lowest BCUT2D eigenvalue weighted by atomic mass is 9.52. The van der Waals surface area contributed by atoms with Crippen LogP contribution in [0.15, 0.2) is 4.42 Å². The smallest absolute Gasteiger partial charge is 0.234 e. The Morgan fingerprint density at radius 1 is 1.06 bits per heavy atom. The van der Waals surface area contributed by atoms with Crippen LogP contribution in [0.4, 0.5) is 0 Å². The molecule has 1 aromatic rings. The molecule has 4 aliphatic carbocycles. The van der Waals surface area contributed by atoms with E-state index in [1.165, 1.54) is 32.1 Å². The van der Waals surface area contributed by atoms with Crippen LogP contribution in [-0.4, -0.2) is 10.2 Å². The minimum absolute atomic E-state index is 0.178. The topological polar surface area (TPSA) is 38.9 Å². The van der Waals surface area contributed by atoms with Gasteiger partial charge in [-0.25, -0.2) is 0 Å². The van der Waals surface area contributed by atoms with E-state index in [-0.39, 0.29) is 5.38 Å². The highest BCUT2D eigenvalue weighted by atomic mass is 35.5. The summed E-state index contributed by atoms with van der Waals surface area (Å²) in [7, 11) is 0. The molecular formula is C14H19ClN2O. The van der Waals surface area contributed by atoms with Crippen LogP contribution in [0.25, 0.3) is 0 Å². The fraction of sp³-hybridized carbons (Fsp3) is 0.857. The zero-order valence-corrected chi connectivity index (χ0v) is 11.4. The van der Waals surface area contributed by atoms with Gasteiger partial charge in [-0.15, -0.1) is 21.8 Å². The summed E-state index contributed by atoms with van der Waals surface area (Å²) in [6.07, 6.45) is 7.00. The Bertz CT molecular complexity index is 428. The summed E-state index contributed by atoms with van der Waals surface area (Å²) in [6, 6.07) is 0. The lowest BCUT2D eigenvalue weighted by Crippen LogP contribution is -2.43. The second kappa shape index (κ2) is 3.96. The van der Waals surface area contributed by atoms with Crippen LogP contribution >= 0.6 is 11.6 Å². The molecule has 3 nitrogen and oxygen atoms in total. The van der Waals surface area contributed by atoms with Crippen molar-refractivity contribution >= 4 is 11.6 Å². The first-order valence-electron chi connectivity index (χ1n) is 7.18. The van der Waals surface area contributed by atoms with Crippen molar-refractivity contribution in [3.05, 3.63) is 11.8 Å². The van der Waals surface area contributed by atoms with Gasteiger partial charge < -0.3 is 4.42 Å². The quantitative estimate of drug-likeness (QED) is 0.762. The molecule has 0 N–H and O–H groups in total. The van der Waals surface area contributed by atoms with Crippen molar-refractivity contribution < 1.29 is 4.42 Å². The minimum Gasteiger partial charge on any atom is -0.423 e. The largest absolute Gasteiger partial charge is 0.423 e. The SMILES string of the molecule is CC(Cl)c1nnc(C2C3CC4CC(C3)CC2C4)o1. The number of nitrogens with zero attached hydrogens (tertiary/aromatic N) is 2.